The molecule has 1 amide bonds. The van der Waals surface area contributed by atoms with Gasteiger partial charge in [0.25, 0.3) is 0 Å². The standard InChI is InChI=1S/C23H22Cl2N4O6S/c1-12(35-18-10-15(24)5-6-17(18)25)20-27-28-23(29(20)2)36-11-19(30)26-16-8-13(21(31)33-3)7-14(9-16)22(32)34-4/h5-10,12H,11H2,1-4H3,(H,26,30). The van der Waals surface area contributed by atoms with Crippen LogP contribution in [-0.2, 0) is 21.3 Å². The molecule has 1 atom stereocenters. The number of carbonyl (C=O) groups is 3. The lowest BCUT2D eigenvalue weighted by Gasteiger charge is -2.15. The Balaban J connectivity index is 1.67. The molecule has 3 aromatic rings. The van der Waals surface area contributed by atoms with Gasteiger partial charge in [-0.25, -0.2) is 9.59 Å². The summed E-state index contributed by atoms with van der Waals surface area (Å²) in [6.07, 6.45) is -0.501. The predicted molar refractivity (Wildman–Crippen MR) is 135 cm³/mol. The average molecular weight is 553 g/mol. The number of thioether (sulfide) groups is 1. The number of benzene rings is 2. The molecule has 0 spiro atoms. The molecule has 0 fully saturated rings. The minimum atomic E-state index is -0.660. The fourth-order valence-corrected chi connectivity index (χ4v) is 4.16. The monoisotopic (exact) mass is 552 g/mol. The van der Waals surface area contributed by atoms with Crippen molar-refractivity contribution in [1.29, 1.82) is 0 Å². The molecule has 1 N–H and O–H groups in total. The number of anilines is 1. The van der Waals surface area contributed by atoms with E-state index in [1.165, 1.54) is 32.4 Å². The minimum Gasteiger partial charge on any atom is -0.481 e. The molecule has 1 unspecified atom stereocenters. The largest absolute Gasteiger partial charge is 0.481 e. The van der Waals surface area contributed by atoms with Gasteiger partial charge in [0.05, 0.1) is 36.1 Å². The number of rotatable bonds is 9. The molecule has 0 saturated carbocycles. The highest BCUT2D eigenvalue weighted by molar-refractivity contribution is 7.99. The third-order valence-electron chi connectivity index (χ3n) is 4.82. The lowest BCUT2D eigenvalue weighted by atomic mass is 10.1. The molecule has 0 bridgehead atoms. The van der Waals surface area contributed by atoms with Crippen LogP contribution in [0.15, 0.2) is 41.6 Å². The van der Waals surface area contributed by atoms with E-state index in [4.69, 9.17) is 37.4 Å². The van der Waals surface area contributed by atoms with Gasteiger partial charge in [-0.05, 0) is 37.3 Å². The molecule has 0 saturated heterocycles. The number of nitrogens with one attached hydrogen (secondary N) is 1. The molecular weight excluding hydrogens is 531 g/mol. The SMILES string of the molecule is COC(=O)c1cc(NC(=O)CSc2nnc(C(C)Oc3cc(Cl)ccc3Cl)n2C)cc(C(=O)OC)c1. The molecule has 13 heteroatoms. The zero-order valence-corrected chi connectivity index (χ0v) is 22.0. The number of halogens is 2. The van der Waals surface area contributed by atoms with E-state index in [2.05, 4.69) is 15.5 Å². The second kappa shape index (κ2) is 12.1. The lowest BCUT2D eigenvalue weighted by molar-refractivity contribution is -0.113. The van der Waals surface area contributed by atoms with Crippen LogP contribution in [0.25, 0.3) is 0 Å². The number of methoxy groups -OCH3 is 2. The quantitative estimate of drug-likeness (QED) is 0.300. The topological polar surface area (TPSA) is 122 Å². The summed E-state index contributed by atoms with van der Waals surface area (Å²) < 4.78 is 17.0. The highest BCUT2D eigenvalue weighted by Gasteiger charge is 2.20. The van der Waals surface area contributed by atoms with Gasteiger partial charge in [0.15, 0.2) is 17.1 Å². The van der Waals surface area contributed by atoms with Gasteiger partial charge in [-0.2, -0.15) is 0 Å². The van der Waals surface area contributed by atoms with E-state index >= 15 is 0 Å². The molecule has 1 aromatic heterocycles. The van der Waals surface area contributed by atoms with Crippen molar-refractivity contribution in [1.82, 2.24) is 14.8 Å². The predicted octanol–water partition coefficient (Wildman–Crippen LogP) is 4.57. The summed E-state index contributed by atoms with van der Waals surface area (Å²) in [5.74, 6) is -0.800. The van der Waals surface area contributed by atoms with Crippen molar-refractivity contribution in [3.8, 4) is 5.75 Å². The van der Waals surface area contributed by atoms with Crippen LogP contribution in [0.5, 0.6) is 5.75 Å². The molecule has 3 rings (SSSR count). The summed E-state index contributed by atoms with van der Waals surface area (Å²) in [6, 6.07) is 9.03. The Morgan fingerprint density at radius 3 is 2.28 bits per heavy atom. The first kappa shape index (κ1) is 27.3. The van der Waals surface area contributed by atoms with Crippen molar-refractivity contribution >= 4 is 58.5 Å². The first-order valence-corrected chi connectivity index (χ1v) is 12.1. The van der Waals surface area contributed by atoms with Crippen LogP contribution in [0.1, 0.15) is 39.6 Å². The second-order valence-corrected chi connectivity index (χ2v) is 9.14. The molecular formula is C23H22Cl2N4O6S. The Labute approximate surface area is 221 Å². The van der Waals surface area contributed by atoms with Crippen molar-refractivity contribution in [3.63, 3.8) is 0 Å². The van der Waals surface area contributed by atoms with Gasteiger partial charge in [-0.1, -0.05) is 35.0 Å². The van der Waals surface area contributed by atoms with Gasteiger partial charge in [-0.15, -0.1) is 10.2 Å². The van der Waals surface area contributed by atoms with Crippen LogP contribution in [0.3, 0.4) is 0 Å². The summed E-state index contributed by atoms with van der Waals surface area (Å²) in [4.78, 5) is 36.5. The third-order valence-corrected chi connectivity index (χ3v) is 6.39. The van der Waals surface area contributed by atoms with Crippen LogP contribution in [0, 0.1) is 0 Å². The van der Waals surface area contributed by atoms with Crippen molar-refractivity contribution < 1.29 is 28.6 Å². The molecule has 0 aliphatic rings. The second-order valence-electron chi connectivity index (χ2n) is 7.35. The highest BCUT2D eigenvalue weighted by Crippen LogP contribution is 2.31. The number of ether oxygens (including phenoxy) is 3. The van der Waals surface area contributed by atoms with Crippen molar-refractivity contribution in [2.75, 3.05) is 25.3 Å². The summed E-state index contributed by atoms with van der Waals surface area (Å²) in [5, 5.41) is 12.3. The van der Waals surface area contributed by atoms with Crippen LogP contribution in [-0.4, -0.2) is 52.6 Å². The first-order chi connectivity index (χ1) is 17.1. The number of esters is 2. The van der Waals surface area contributed by atoms with Gasteiger partial charge >= 0.3 is 11.9 Å². The fourth-order valence-electron chi connectivity index (χ4n) is 3.11. The van der Waals surface area contributed by atoms with E-state index in [1.807, 2.05) is 0 Å². The smallest absolute Gasteiger partial charge is 0.337 e. The maximum absolute atomic E-state index is 12.6. The van der Waals surface area contributed by atoms with E-state index in [0.717, 1.165) is 11.8 Å². The van der Waals surface area contributed by atoms with Gasteiger partial charge in [0.1, 0.15) is 5.75 Å². The van der Waals surface area contributed by atoms with Crippen molar-refractivity contribution in [2.24, 2.45) is 7.05 Å². The van der Waals surface area contributed by atoms with Gasteiger partial charge < -0.3 is 24.1 Å². The zero-order chi connectivity index (χ0) is 26.4. The first-order valence-electron chi connectivity index (χ1n) is 10.4. The normalized spacial score (nSPS) is 11.5. The van der Waals surface area contributed by atoms with Crippen LogP contribution in [0.2, 0.25) is 10.0 Å². The Hall–Kier alpha value is -3.28. The third kappa shape index (κ3) is 6.68. The zero-order valence-electron chi connectivity index (χ0n) is 19.7. The minimum absolute atomic E-state index is 0.0165. The number of hydrogen-bond donors (Lipinski definition) is 1. The highest BCUT2D eigenvalue weighted by atomic mass is 35.5. The molecule has 10 nitrogen and oxygen atoms in total. The van der Waals surface area contributed by atoms with E-state index in [0.29, 0.717) is 26.8 Å². The number of nitrogens with zero attached hydrogens (tertiary/aromatic N) is 3. The van der Waals surface area contributed by atoms with E-state index in [1.54, 1.807) is 36.7 Å². The maximum Gasteiger partial charge on any atom is 0.337 e. The molecule has 36 heavy (non-hydrogen) atoms. The van der Waals surface area contributed by atoms with Crippen LogP contribution in [0.4, 0.5) is 5.69 Å². The number of aromatic nitrogens is 3. The Bertz CT molecular complexity index is 1270. The van der Waals surface area contributed by atoms with Crippen LogP contribution < -0.4 is 10.1 Å². The Morgan fingerprint density at radius 1 is 1.03 bits per heavy atom. The van der Waals surface area contributed by atoms with Gasteiger partial charge in [-0.3, -0.25) is 4.79 Å². The average Bonchev–Trinajstić information content (AvgIpc) is 3.23. The molecule has 190 valence electrons. The van der Waals surface area contributed by atoms with E-state index in [-0.39, 0.29) is 22.6 Å². The van der Waals surface area contributed by atoms with Crippen molar-refractivity contribution in [2.45, 2.75) is 18.2 Å². The number of amides is 1. The number of hydrogen-bond acceptors (Lipinski definition) is 9. The lowest BCUT2D eigenvalue weighted by Crippen LogP contribution is -2.16. The Kier molecular flexibility index (Phi) is 9.19. The maximum atomic E-state index is 12.6. The molecule has 0 aliphatic heterocycles. The van der Waals surface area contributed by atoms with E-state index < -0.39 is 23.9 Å². The Morgan fingerprint density at radius 2 is 1.67 bits per heavy atom. The number of carbonyl (C=O) groups excluding carboxylic acids is 3. The summed E-state index contributed by atoms with van der Waals surface area (Å²) in [5.41, 5.74) is 0.424. The summed E-state index contributed by atoms with van der Waals surface area (Å²) in [7, 11) is 4.18. The van der Waals surface area contributed by atoms with Crippen LogP contribution >= 0.6 is 35.0 Å². The van der Waals surface area contributed by atoms with Gasteiger partial charge in [0.2, 0.25) is 5.91 Å². The van der Waals surface area contributed by atoms with Crippen molar-refractivity contribution in [3.05, 3.63) is 63.4 Å². The van der Waals surface area contributed by atoms with Gasteiger partial charge in [0, 0.05) is 23.8 Å². The summed E-state index contributed by atoms with van der Waals surface area (Å²) >= 11 is 13.3. The molecule has 1 heterocycles. The molecule has 2 aromatic carbocycles. The fraction of sp³-hybridized carbons (Fsp3) is 0.261. The van der Waals surface area contributed by atoms with E-state index in [9.17, 15) is 14.4 Å². The molecule has 0 aliphatic carbocycles. The summed E-state index contributed by atoms with van der Waals surface area (Å²) in [6.45, 7) is 1.79. The molecule has 0 radical (unpaired) electrons.